The van der Waals surface area contributed by atoms with Gasteiger partial charge in [0.25, 0.3) is 0 Å². The van der Waals surface area contributed by atoms with E-state index in [-0.39, 0.29) is 34.5 Å². The molecule has 0 bridgehead atoms. The highest BCUT2D eigenvalue weighted by molar-refractivity contribution is 6.60. The third-order valence-electron chi connectivity index (χ3n) is 4.74. The number of carbonyl (C=O) groups is 2. The van der Waals surface area contributed by atoms with Gasteiger partial charge in [-0.3, -0.25) is 0 Å². The Labute approximate surface area is 177 Å². The number of carboxylic acid groups (broad SMARTS) is 1. The highest BCUT2D eigenvalue weighted by Gasteiger charge is 2.38. The summed E-state index contributed by atoms with van der Waals surface area (Å²) in [6.07, 6.45) is 1.26. The van der Waals surface area contributed by atoms with Crippen molar-refractivity contribution >= 4 is 40.0 Å². The molecule has 0 aliphatic rings. The summed E-state index contributed by atoms with van der Waals surface area (Å²) in [7, 11) is 3.52. The summed E-state index contributed by atoms with van der Waals surface area (Å²) in [5.41, 5.74) is 0.176. The largest absolute Gasteiger partial charge is 0.525 e. The Kier molecular flexibility index (Phi) is 13.7. The maximum absolute atomic E-state index is 12.3. The van der Waals surface area contributed by atoms with Gasteiger partial charge in [-0.05, 0) is 25.7 Å². The molecule has 0 aromatic heterocycles. The van der Waals surface area contributed by atoms with Crippen molar-refractivity contribution in [1.29, 1.82) is 0 Å². The summed E-state index contributed by atoms with van der Waals surface area (Å²) in [5.74, 6) is -1.76. The lowest BCUT2D eigenvalue weighted by molar-refractivity contribution is -0.135. The Morgan fingerprint density at radius 3 is 1.34 bits per heavy atom. The van der Waals surface area contributed by atoms with Gasteiger partial charge >= 0.3 is 29.5 Å². The number of carboxylic acids is 1. The van der Waals surface area contributed by atoms with E-state index in [0.717, 1.165) is 0 Å². The van der Waals surface area contributed by atoms with Gasteiger partial charge in [-0.25, -0.2) is 9.59 Å². The van der Waals surface area contributed by atoms with Crippen molar-refractivity contribution in [3.8, 4) is 0 Å². The molecule has 10 nitrogen and oxygen atoms in total. The van der Waals surface area contributed by atoms with Gasteiger partial charge in [0, 0.05) is 65.9 Å². The molecule has 0 aromatic rings. The first-order valence-corrected chi connectivity index (χ1v) is 13.8. The number of carbonyl (C=O) groups excluding carboxylic acids is 1. The van der Waals surface area contributed by atoms with E-state index in [0.29, 0.717) is 24.9 Å². The van der Waals surface area contributed by atoms with Gasteiger partial charge in [-0.15, -0.1) is 0 Å². The number of aliphatic carboxylic acids is 1. The smallest absolute Gasteiger partial charge is 0.500 e. The Balaban J connectivity index is 5.42. The van der Waals surface area contributed by atoms with E-state index in [1.54, 1.807) is 0 Å². The molecular formula is C16H34O10Si3. The third-order valence-corrected chi connectivity index (χ3v) is 10.8. The molecule has 170 valence electrons. The lowest BCUT2D eigenvalue weighted by Gasteiger charge is -2.25. The maximum atomic E-state index is 12.3. The number of hydrogen-bond acceptors (Lipinski definition) is 9. The second kappa shape index (κ2) is 14.2. The first-order valence-electron chi connectivity index (χ1n) is 9.08. The Morgan fingerprint density at radius 1 is 0.724 bits per heavy atom. The topological polar surface area (TPSA) is 119 Å². The van der Waals surface area contributed by atoms with Crippen molar-refractivity contribution in [3.05, 3.63) is 11.1 Å². The average molecular weight is 471 g/mol. The van der Waals surface area contributed by atoms with Crippen LogP contribution in [0.2, 0.25) is 12.1 Å². The van der Waals surface area contributed by atoms with E-state index in [4.69, 9.17) is 31.0 Å². The molecule has 0 rings (SSSR count). The number of rotatable bonds is 16. The Hall–Kier alpha value is -0.909. The predicted molar refractivity (Wildman–Crippen MR) is 112 cm³/mol. The molecule has 0 radical (unpaired) electrons. The molecule has 0 saturated heterocycles. The van der Waals surface area contributed by atoms with Crippen molar-refractivity contribution in [1.82, 2.24) is 0 Å². The first-order chi connectivity index (χ1) is 13.7. The van der Waals surface area contributed by atoms with Crippen LogP contribution in [0.25, 0.3) is 0 Å². The first kappa shape index (κ1) is 28.1. The molecule has 0 atom stereocenters. The molecule has 0 amide bonds. The van der Waals surface area contributed by atoms with Crippen LogP contribution in [-0.2, 0) is 40.6 Å². The average Bonchev–Trinajstić information content (AvgIpc) is 2.75. The van der Waals surface area contributed by atoms with Gasteiger partial charge in [0.15, 0.2) is 0 Å². The minimum absolute atomic E-state index is 0.0246. The molecule has 29 heavy (non-hydrogen) atoms. The van der Waals surface area contributed by atoms with Crippen LogP contribution in [0, 0.1) is 0 Å². The monoisotopic (exact) mass is 470 g/mol. The quantitative estimate of drug-likeness (QED) is 0.252. The molecule has 0 fully saturated rings. The van der Waals surface area contributed by atoms with E-state index >= 15 is 0 Å². The van der Waals surface area contributed by atoms with E-state index < -0.39 is 29.5 Å². The second-order valence-corrected chi connectivity index (χ2v) is 12.6. The molecule has 0 saturated carbocycles. The predicted octanol–water partition coefficient (Wildman–Crippen LogP) is 0.508. The standard InChI is InChI=1S/C16H34O10Si3/c1-20-28(21-2,22-3)11-7-9-13(15(17)18)14(16(19)26-27)10-8-12-29(23-4,24-5)25-6/h7-12H2,1-6,27H3,(H,17,18)/b14-13+. The van der Waals surface area contributed by atoms with Crippen LogP contribution in [-0.4, -0.2) is 87.8 Å². The van der Waals surface area contributed by atoms with E-state index in [1.165, 1.54) is 42.7 Å². The minimum Gasteiger partial charge on any atom is -0.525 e. The van der Waals surface area contributed by atoms with Crippen molar-refractivity contribution < 1.29 is 45.7 Å². The normalized spacial score (nSPS) is 13.3. The highest BCUT2D eigenvalue weighted by atomic mass is 28.4. The molecule has 0 aliphatic carbocycles. The Bertz CT molecular complexity index is 531. The molecule has 0 aliphatic heterocycles. The Morgan fingerprint density at radius 2 is 1.07 bits per heavy atom. The van der Waals surface area contributed by atoms with Crippen molar-refractivity contribution in [2.45, 2.75) is 37.8 Å². The summed E-state index contributed by atoms with van der Waals surface area (Å²) in [6, 6.07) is 0.859. The summed E-state index contributed by atoms with van der Waals surface area (Å²) in [6.45, 7) is 0. The van der Waals surface area contributed by atoms with Gasteiger partial charge in [-0.2, -0.15) is 0 Å². The lowest BCUT2D eigenvalue weighted by Crippen LogP contribution is -2.42. The van der Waals surface area contributed by atoms with Crippen molar-refractivity contribution in [3.63, 3.8) is 0 Å². The fourth-order valence-corrected chi connectivity index (χ4v) is 6.65. The number of hydrogen-bond donors (Lipinski definition) is 1. The van der Waals surface area contributed by atoms with Crippen LogP contribution in [0.1, 0.15) is 25.7 Å². The molecular weight excluding hydrogens is 436 g/mol. The SMILES string of the molecule is CO[Si](CCC/C(C(=O)O)=C(/CCC[Si](OC)(OC)OC)C(=O)O[SiH3])(OC)OC. The van der Waals surface area contributed by atoms with Gasteiger partial charge in [-0.1, -0.05) is 0 Å². The van der Waals surface area contributed by atoms with Crippen LogP contribution in [0.5, 0.6) is 0 Å². The fourth-order valence-electron chi connectivity index (χ4n) is 2.96. The summed E-state index contributed by atoms with van der Waals surface area (Å²) >= 11 is 0. The van der Waals surface area contributed by atoms with Crippen LogP contribution >= 0.6 is 0 Å². The van der Waals surface area contributed by atoms with Crippen LogP contribution in [0.4, 0.5) is 0 Å². The maximum Gasteiger partial charge on any atom is 0.500 e. The van der Waals surface area contributed by atoms with Gasteiger partial charge < -0.3 is 36.1 Å². The zero-order chi connectivity index (χ0) is 22.5. The molecule has 13 heteroatoms. The highest BCUT2D eigenvalue weighted by Crippen LogP contribution is 2.25. The summed E-state index contributed by atoms with van der Waals surface area (Å²) in [5, 5.41) is 9.68. The molecule has 0 aromatic carbocycles. The van der Waals surface area contributed by atoms with E-state index in [9.17, 15) is 14.7 Å². The van der Waals surface area contributed by atoms with Crippen LogP contribution < -0.4 is 0 Å². The van der Waals surface area contributed by atoms with Crippen LogP contribution in [0.3, 0.4) is 0 Å². The van der Waals surface area contributed by atoms with Crippen molar-refractivity contribution in [2.24, 2.45) is 0 Å². The zero-order valence-electron chi connectivity index (χ0n) is 18.4. The fraction of sp³-hybridized carbons (Fsp3) is 0.750. The molecule has 1 N–H and O–H groups in total. The minimum atomic E-state index is -2.82. The summed E-state index contributed by atoms with van der Waals surface area (Å²) in [4.78, 5) is 24.1. The van der Waals surface area contributed by atoms with Gasteiger partial charge in [0.1, 0.15) is 0 Å². The molecule has 0 unspecified atom stereocenters. The third kappa shape index (κ3) is 8.39. The molecule has 0 spiro atoms. The van der Waals surface area contributed by atoms with Gasteiger partial charge in [0.2, 0.25) is 10.5 Å². The summed E-state index contributed by atoms with van der Waals surface area (Å²) < 4.78 is 37.1. The van der Waals surface area contributed by atoms with E-state index in [2.05, 4.69) is 0 Å². The lowest BCUT2D eigenvalue weighted by atomic mass is 10.00. The van der Waals surface area contributed by atoms with Gasteiger partial charge in [0.05, 0.1) is 0 Å². The van der Waals surface area contributed by atoms with Crippen molar-refractivity contribution in [2.75, 3.05) is 42.7 Å². The molecule has 0 heterocycles. The van der Waals surface area contributed by atoms with Crippen LogP contribution in [0.15, 0.2) is 11.1 Å². The van der Waals surface area contributed by atoms with E-state index in [1.807, 2.05) is 0 Å². The second-order valence-electron chi connectivity index (χ2n) is 6.05. The zero-order valence-corrected chi connectivity index (χ0v) is 22.4.